The van der Waals surface area contributed by atoms with Gasteiger partial charge in [0.1, 0.15) is 5.41 Å². The molecule has 0 heterocycles. The van der Waals surface area contributed by atoms with E-state index >= 15 is 0 Å². The molecule has 0 aromatic heterocycles. The zero-order valence-electron chi connectivity index (χ0n) is 13.1. The van der Waals surface area contributed by atoms with E-state index in [1.165, 1.54) is 12.8 Å². The van der Waals surface area contributed by atoms with Gasteiger partial charge in [0.25, 0.3) is 0 Å². The first-order chi connectivity index (χ1) is 10.6. The fraction of sp³-hybridized carbons (Fsp3) is 0.556. The minimum absolute atomic E-state index is 0.0721. The highest BCUT2D eigenvalue weighted by atomic mass is 16.2. The van der Waals surface area contributed by atoms with Crippen molar-refractivity contribution in [1.29, 1.82) is 0 Å². The normalized spacial score (nSPS) is 21.1. The molecule has 2 N–H and O–H groups in total. The number of rotatable bonds is 5. The lowest BCUT2D eigenvalue weighted by Crippen LogP contribution is -2.46. The van der Waals surface area contributed by atoms with Gasteiger partial charge in [-0.05, 0) is 38.2 Å². The van der Waals surface area contributed by atoms with E-state index in [1.54, 1.807) is 0 Å². The Morgan fingerprint density at radius 3 is 2.32 bits per heavy atom. The van der Waals surface area contributed by atoms with E-state index in [-0.39, 0.29) is 23.9 Å². The molecule has 3 rings (SSSR count). The Kier molecular flexibility index (Phi) is 4.19. The van der Waals surface area contributed by atoms with E-state index in [1.807, 2.05) is 37.3 Å². The Hall–Kier alpha value is -1.84. The van der Waals surface area contributed by atoms with Crippen LogP contribution in [0.1, 0.15) is 57.1 Å². The maximum atomic E-state index is 12.6. The lowest BCUT2D eigenvalue weighted by molar-refractivity contribution is -0.138. The smallest absolute Gasteiger partial charge is 0.236 e. The maximum Gasteiger partial charge on any atom is 0.236 e. The van der Waals surface area contributed by atoms with Crippen LogP contribution in [-0.2, 0) is 9.59 Å². The summed E-state index contributed by atoms with van der Waals surface area (Å²) in [6, 6.07) is 10.0. The van der Waals surface area contributed by atoms with Gasteiger partial charge in [0.05, 0.1) is 6.04 Å². The topological polar surface area (TPSA) is 58.2 Å². The van der Waals surface area contributed by atoms with Gasteiger partial charge in [-0.15, -0.1) is 0 Å². The lowest BCUT2D eigenvalue weighted by atomic mass is 10.0. The van der Waals surface area contributed by atoms with E-state index in [0.717, 1.165) is 18.4 Å². The first kappa shape index (κ1) is 15.1. The van der Waals surface area contributed by atoms with Crippen LogP contribution >= 0.6 is 0 Å². The molecule has 4 heteroatoms. The highest BCUT2D eigenvalue weighted by Crippen LogP contribution is 2.46. The molecule has 1 unspecified atom stereocenters. The molecule has 0 radical (unpaired) electrons. The molecule has 2 amide bonds. The number of hydrogen-bond donors (Lipinski definition) is 2. The van der Waals surface area contributed by atoms with Crippen molar-refractivity contribution in [2.24, 2.45) is 5.41 Å². The van der Waals surface area contributed by atoms with Crippen molar-refractivity contribution in [3.63, 3.8) is 0 Å². The van der Waals surface area contributed by atoms with Crippen LogP contribution in [0.4, 0.5) is 0 Å². The SMILES string of the molecule is CC(NC(=O)C1(C(=O)NC2CCCC2)CC1)c1ccccc1. The van der Waals surface area contributed by atoms with E-state index in [2.05, 4.69) is 10.6 Å². The van der Waals surface area contributed by atoms with Crippen LogP contribution in [0.15, 0.2) is 30.3 Å². The second-order valence-corrected chi connectivity index (χ2v) is 6.64. The van der Waals surface area contributed by atoms with Crippen molar-refractivity contribution in [3.8, 4) is 0 Å². The van der Waals surface area contributed by atoms with Crippen molar-refractivity contribution in [1.82, 2.24) is 10.6 Å². The lowest BCUT2D eigenvalue weighted by Gasteiger charge is -2.21. The van der Waals surface area contributed by atoms with Crippen molar-refractivity contribution in [3.05, 3.63) is 35.9 Å². The molecule has 1 aromatic rings. The number of hydrogen-bond acceptors (Lipinski definition) is 2. The molecule has 0 saturated heterocycles. The van der Waals surface area contributed by atoms with Gasteiger partial charge >= 0.3 is 0 Å². The van der Waals surface area contributed by atoms with Crippen molar-refractivity contribution < 1.29 is 9.59 Å². The zero-order valence-corrected chi connectivity index (χ0v) is 13.1. The molecule has 2 aliphatic carbocycles. The fourth-order valence-electron chi connectivity index (χ4n) is 3.24. The summed E-state index contributed by atoms with van der Waals surface area (Å²) in [5.74, 6) is -0.198. The van der Waals surface area contributed by atoms with Crippen molar-refractivity contribution in [2.45, 2.75) is 57.5 Å². The average molecular weight is 300 g/mol. The van der Waals surface area contributed by atoms with E-state index in [0.29, 0.717) is 12.8 Å². The summed E-state index contributed by atoms with van der Waals surface area (Å²) in [6.45, 7) is 1.96. The predicted molar refractivity (Wildman–Crippen MR) is 85.1 cm³/mol. The van der Waals surface area contributed by atoms with Gasteiger partial charge in [-0.25, -0.2) is 0 Å². The third-order valence-electron chi connectivity index (χ3n) is 4.96. The Labute approximate surface area is 131 Å². The second-order valence-electron chi connectivity index (χ2n) is 6.64. The van der Waals surface area contributed by atoms with Gasteiger partial charge in [0, 0.05) is 6.04 Å². The molecule has 4 nitrogen and oxygen atoms in total. The standard InChI is InChI=1S/C18H24N2O2/c1-13(14-7-3-2-4-8-14)19-16(21)18(11-12-18)17(22)20-15-9-5-6-10-15/h2-4,7-8,13,15H,5-6,9-12H2,1H3,(H,19,21)(H,20,22). The van der Waals surface area contributed by atoms with Crippen LogP contribution in [-0.4, -0.2) is 17.9 Å². The van der Waals surface area contributed by atoms with Crippen LogP contribution in [0.2, 0.25) is 0 Å². The Balaban J connectivity index is 1.60. The highest BCUT2D eigenvalue weighted by Gasteiger charge is 2.57. The molecule has 22 heavy (non-hydrogen) atoms. The third kappa shape index (κ3) is 3.01. The van der Waals surface area contributed by atoms with E-state index in [4.69, 9.17) is 0 Å². The molecule has 2 fully saturated rings. The summed E-state index contributed by atoms with van der Waals surface area (Å²) < 4.78 is 0. The third-order valence-corrected chi connectivity index (χ3v) is 4.96. The van der Waals surface area contributed by atoms with Gasteiger partial charge in [0.15, 0.2) is 0 Å². The van der Waals surface area contributed by atoms with Crippen LogP contribution < -0.4 is 10.6 Å². The van der Waals surface area contributed by atoms with E-state index < -0.39 is 5.41 Å². The van der Waals surface area contributed by atoms with Gasteiger partial charge in [-0.1, -0.05) is 43.2 Å². The molecule has 1 aromatic carbocycles. The van der Waals surface area contributed by atoms with Crippen LogP contribution in [0, 0.1) is 5.41 Å². The predicted octanol–water partition coefficient (Wildman–Crippen LogP) is 2.70. The van der Waals surface area contributed by atoms with Gasteiger partial charge in [-0.2, -0.15) is 0 Å². The molecule has 0 bridgehead atoms. The zero-order chi connectivity index (χ0) is 15.6. The summed E-state index contributed by atoms with van der Waals surface area (Å²) in [5.41, 5.74) is 0.244. The second kappa shape index (κ2) is 6.11. The average Bonchev–Trinajstić information content (AvgIpc) is 3.20. The number of amides is 2. The number of carbonyl (C=O) groups is 2. The highest BCUT2D eigenvalue weighted by molar-refractivity contribution is 6.08. The molecule has 118 valence electrons. The number of nitrogens with one attached hydrogen (secondary N) is 2. The maximum absolute atomic E-state index is 12.6. The molecule has 1 atom stereocenters. The minimum atomic E-state index is -0.814. The number of benzene rings is 1. The van der Waals surface area contributed by atoms with E-state index in [9.17, 15) is 9.59 Å². The molecule has 0 spiro atoms. The minimum Gasteiger partial charge on any atom is -0.352 e. The molecular formula is C18H24N2O2. The van der Waals surface area contributed by atoms with Crippen LogP contribution in [0.5, 0.6) is 0 Å². The van der Waals surface area contributed by atoms with Crippen molar-refractivity contribution in [2.75, 3.05) is 0 Å². The first-order valence-electron chi connectivity index (χ1n) is 8.29. The van der Waals surface area contributed by atoms with Gasteiger partial charge in [0.2, 0.25) is 11.8 Å². The Bertz CT molecular complexity index is 545. The molecule has 2 saturated carbocycles. The van der Waals surface area contributed by atoms with Gasteiger partial charge < -0.3 is 10.6 Å². The summed E-state index contributed by atoms with van der Waals surface area (Å²) in [6.07, 6.45) is 5.77. The van der Waals surface area contributed by atoms with Crippen molar-refractivity contribution >= 4 is 11.8 Å². The summed E-state index contributed by atoms with van der Waals surface area (Å²) in [5, 5.41) is 6.08. The van der Waals surface area contributed by atoms with Crippen LogP contribution in [0.25, 0.3) is 0 Å². The molecular weight excluding hydrogens is 276 g/mol. The summed E-state index contributed by atoms with van der Waals surface area (Å²) in [4.78, 5) is 25.0. The molecule has 2 aliphatic rings. The summed E-state index contributed by atoms with van der Waals surface area (Å²) >= 11 is 0. The largest absolute Gasteiger partial charge is 0.352 e. The molecule has 0 aliphatic heterocycles. The Morgan fingerprint density at radius 2 is 1.73 bits per heavy atom. The quantitative estimate of drug-likeness (QED) is 0.821. The number of carbonyl (C=O) groups excluding carboxylic acids is 2. The fourth-order valence-corrected chi connectivity index (χ4v) is 3.24. The van der Waals surface area contributed by atoms with Crippen LogP contribution in [0.3, 0.4) is 0 Å². The first-order valence-corrected chi connectivity index (χ1v) is 8.29. The van der Waals surface area contributed by atoms with Gasteiger partial charge in [-0.3, -0.25) is 9.59 Å². The Morgan fingerprint density at radius 1 is 1.09 bits per heavy atom. The summed E-state index contributed by atoms with van der Waals surface area (Å²) in [7, 11) is 0. The monoisotopic (exact) mass is 300 g/mol.